The Hall–Kier alpha value is -3.43. The van der Waals surface area contributed by atoms with Crippen LogP contribution in [0.25, 0.3) is 0 Å². The van der Waals surface area contributed by atoms with E-state index in [-0.39, 0.29) is 39.2 Å². The molecule has 0 radical (unpaired) electrons. The number of carbonyl (C=O) groups excluding carboxylic acids is 2. The average molecular weight is 614 g/mol. The number of hydrogen-bond donors (Lipinski definition) is 3. The number of phenolic OH excluding ortho intramolecular Hbond substituents is 1. The van der Waals surface area contributed by atoms with Gasteiger partial charge in [0.25, 0.3) is 5.91 Å². The predicted molar refractivity (Wildman–Crippen MR) is 168 cm³/mol. The number of rotatable bonds is 17. The van der Waals surface area contributed by atoms with Crippen LogP contribution in [0.1, 0.15) is 88.0 Å². The van der Waals surface area contributed by atoms with E-state index >= 15 is 0 Å². The third-order valence-electron chi connectivity index (χ3n) is 7.05. The number of halogens is 1. The number of nitrogens with zero attached hydrogens (tertiary/aromatic N) is 1. The van der Waals surface area contributed by atoms with E-state index in [1.807, 2.05) is 0 Å². The number of hydrogen-bond acceptors (Lipinski definition) is 6. The van der Waals surface area contributed by atoms with Gasteiger partial charge in [0.1, 0.15) is 16.7 Å². The van der Waals surface area contributed by atoms with E-state index in [1.165, 1.54) is 68.6 Å². The Balaban J connectivity index is 1.67. The molecule has 0 saturated carbocycles. The van der Waals surface area contributed by atoms with Crippen LogP contribution in [0.2, 0.25) is 5.02 Å². The Bertz CT molecular complexity index is 1400. The molecule has 0 spiro atoms. The van der Waals surface area contributed by atoms with Crippen molar-refractivity contribution < 1.29 is 23.1 Å². The van der Waals surface area contributed by atoms with E-state index < -0.39 is 26.9 Å². The quantitative estimate of drug-likeness (QED) is 0.105. The van der Waals surface area contributed by atoms with Crippen molar-refractivity contribution in [2.75, 3.05) is 10.6 Å². The number of amides is 2. The number of nitrogens with one attached hydrogen (secondary N) is 2. The van der Waals surface area contributed by atoms with Crippen LogP contribution in [-0.2, 0) is 14.6 Å². The Morgan fingerprint density at radius 3 is 2.07 bits per heavy atom. The highest BCUT2D eigenvalue weighted by Crippen LogP contribution is 2.35. The van der Waals surface area contributed by atoms with Gasteiger partial charge in [-0.1, -0.05) is 107 Å². The Morgan fingerprint density at radius 1 is 0.833 bits per heavy atom. The second-order valence-corrected chi connectivity index (χ2v) is 12.9. The lowest BCUT2D eigenvalue weighted by Crippen LogP contribution is -2.35. The Kier molecular flexibility index (Phi) is 13.3. The van der Waals surface area contributed by atoms with Gasteiger partial charge in [-0.2, -0.15) is 0 Å². The number of pyridine rings is 1. The van der Waals surface area contributed by atoms with E-state index in [4.69, 9.17) is 11.6 Å². The molecule has 10 heteroatoms. The van der Waals surface area contributed by atoms with E-state index in [1.54, 1.807) is 30.3 Å². The van der Waals surface area contributed by atoms with Gasteiger partial charge in [0.2, 0.25) is 5.91 Å². The third kappa shape index (κ3) is 9.84. The molecule has 0 aliphatic heterocycles. The molecular weight excluding hydrogens is 574 g/mol. The molecule has 2 aromatic carbocycles. The van der Waals surface area contributed by atoms with Crippen molar-refractivity contribution >= 4 is 44.6 Å². The van der Waals surface area contributed by atoms with Crippen LogP contribution in [0.4, 0.5) is 11.4 Å². The van der Waals surface area contributed by atoms with Gasteiger partial charge < -0.3 is 15.7 Å². The summed E-state index contributed by atoms with van der Waals surface area (Å²) in [6.07, 6.45) is 12.5. The lowest BCUT2D eigenvalue weighted by Gasteiger charge is -2.19. The first-order valence-corrected chi connectivity index (χ1v) is 16.5. The summed E-state index contributed by atoms with van der Waals surface area (Å²) in [7, 11) is -3.99. The maximum Gasteiger partial charge on any atom is 0.274 e. The molecule has 0 aliphatic rings. The molecular formula is C32H40ClN3O5S. The molecule has 0 bridgehead atoms. The van der Waals surface area contributed by atoms with Crippen LogP contribution in [0, 0.1) is 0 Å². The molecule has 1 heterocycles. The van der Waals surface area contributed by atoms with Gasteiger partial charge in [0.15, 0.2) is 9.84 Å². The predicted octanol–water partition coefficient (Wildman–Crippen LogP) is 7.78. The summed E-state index contributed by atoms with van der Waals surface area (Å²) in [4.78, 5) is 29.9. The molecule has 3 aromatic rings. The van der Waals surface area contributed by atoms with Crippen LogP contribution < -0.4 is 10.6 Å². The summed E-state index contributed by atoms with van der Waals surface area (Å²) in [6.45, 7) is 2.20. The molecule has 3 N–H and O–H groups in total. The monoisotopic (exact) mass is 613 g/mol. The van der Waals surface area contributed by atoms with Crippen LogP contribution in [0.5, 0.6) is 5.75 Å². The SMILES string of the molecule is CCCCCCCCCCCCC(C(=O)Nc1cc(O)c(NC(=O)c2ccccn2)cc1Cl)S(=O)(=O)c1ccccc1. The fourth-order valence-corrected chi connectivity index (χ4v) is 6.57. The number of anilines is 2. The number of sulfone groups is 1. The zero-order valence-electron chi connectivity index (χ0n) is 24.0. The number of benzene rings is 2. The number of aromatic nitrogens is 1. The van der Waals surface area contributed by atoms with Crippen molar-refractivity contribution in [3.63, 3.8) is 0 Å². The van der Waals surface area contributed by atoms with Gasteiger partial charge in [0, 0.05) is 12.3 Å². The largest absolute Gasteiger partial charge is 0.506 e. The highest BCUT2D eigenvalue weighted by Gasteiger charge is 2.34. The smallest absolute Gasteiger partial charge is 0.274 e. The zero-order valence-corrected chi connectivity index (χ0v) is 25.6. The molecule has 3 rings (SSSR count). The molecule has 226 valence electrons. The standard InChI is InChI=1S/C32H40ClN3O5S/c1-2-3-4-5-6-7-8-9-10-14-20-30(42(40,41)24-17-12-11-13-18-24)32(39)35-27-23-29(37)28(22-25(27)33)36-31(38)26-19-15-16-21-34-26/h11-13,15-19,21-23,30,37H,2-10,14,20H2,1H3,(H,35,39)(H,36,38). The van der Waals surface area contributed by atoms with Gasteiger partial charge in [-0.25, -0.2) is 8.42 Å². The van der Waals surface area contributed by atoms with Gasteiger partial charge >= 0.3 is 0 Å². The van der Waals surface area contributed by atoms with Gasteiger partial charge in [-0.05, 0) is 36.8 Å². The second-order valence-electron chi connectivity index (χ2n) is 10.3. The molecule has 8 nitrogen and oxygen atoms in total. The average Bonchev–Trinajstić information content (AvgIpc) is 2.99. The van der Waals surface area contributed by atoms with Crippen LogP contribution in [0.3, 0.4) is 0 Å². The van der Waals surface area contributed by atoms with Crippen molar-refractivity contribution in [1.82, 2.24) is 4.98 Å². The normalized spacial score (nSPS) is 12.0. The van der Waals surface area contributed by atoms with Gasteiger partial charge in [-0.3, -0.25) is 14.6 Å². The van der Waals surface area contributed by atoms with Crippen molar-refractivity contribution in [3.05, 3.63) is 77.6 Å². The van der Waals surface area contributed by atoms with E-state index in [0.29, 0.717) is 6.42 Å². The van der Waals surface area contributed by atoms with Crippen LogP contribution in [-0.4, -0.2) is 35.6 Å². The van der Waals surface area contributed by atoms with Crippen LogP contribution in [0.15, 0.2) is 71.8 Å². The molecule has 1 unspecified atom stereocenters. The first kappa shape index (κ1) is 33.1. The van der Waals surface area contributed by atoms with E-state index in [9.17, 15) is 23.1 Å². The first-order valence-electron chi connectivity index (χ1n) is 14.6. The number of carbonyl (C=O) groups is 2. The first-order chi connectivity index (χ1) is 20.2. The van der Waals surface area contributed by atoms with Crippen molar-refractivity contribution in [2.45, 2.75) is 87.7 Å². The maximum absolute atomic E-state index is 13.5. The number of phenols is 1. The highest BCUT2D eigenvalue weighted by atomic mass is 35.5. The molecule has 0 saturated heterocycles. The summed E-state index contributed by atoms with van der Waals surface area (Å²) in [5, 5.41) is 14.3. The Labute approximate surface area is 253 Å². The van der Waals surface area contributed by atoms with Gasteiger partial charge in [-0.15, -0.1) is 0 Å². The van der Waals surface area contributed by atoms with E-state index in [2.05, 4.69) is 22.5 Å². The highest BCUT2D eigenvalue weighted by molar-refractivity contribution is 7.92. The summed E-state index contributed by atoms with van der Waals surface area (Å²) in [5.41, 5.74) is 0.199. The summed E-state index contributed by atoms with van der Waals surface area (Å²) in [6, 6.07) is 15.2. The minimum absolute atomic E-state index is 0.0206. The maximum atomic E-state index is 13.5. The fourth-order valence-electron chi connectivity index (χ4n) is 4.67. The number of aromatic hydroxyl groups is 1. The lowest BCUT2D eigenvalue weighted by molar-refractivity contribution is -0.116. The summed E-state index contributed by atoms with van der Waals surface area (Å²) < 4.78 is 27.0. The molecule has 1 atom stereocenters. The minimum Gasteiger partial charge on any atom is -0.506 e. The van der Waals surface area contributed by atoms with Crippen molar-refractivity contribution in [3.8, 4) is 5.75 Å². The molecule has 42 heavy (non-hydrogen) atoms. The van der Waals surface area contributed by atoms with Gasteiger partial charge in [0.05, 0.1) is 21.3 Å². The van der Waals surface area contributed by atoms with Crippen molar-refractivity contribution in [1.29, 1.82) is 0 Å². The summed E-state index contributed by atoms with van der Waals surface area (Å²) in [5.74, 6) is -1.64. The van der Waals surface area contributed by atoms with E-state index in [0.717, 1.165) is 25.7 Å². The fraction of sp³-hybridized carbons (Fsp3) is 0.406. The topological polar surface area (TPSA) is 125 Å². The van der Waals surface area contributed by atoms with Crippen molar-refractivity contribution in [2.24, 2.45) is 0 Å². The third-order valence-corrected chi connectivity index (χ3v) is 9.49. The second kappa shape index (κ2) is 16.9. The Morgan fingerprint density at radius 2 is 1.45 bits per heavy atom. The van der Waals surface area contributed by atoms with Crippen LogP contribution >= 0.6 is 11.6 Å². The molecule has 0 aliphatic carbocycles. The minimum atomic E-state index is -3.99. The molecule has 2 amide bonds. The molecule has 1 aromatic heterocycles. The summed E-state index contributed by atoms with van der Waals surface area (Å²) >= 11 is 6.38. The number of unbranched alkanes of at least 4 members (excludes halogenated alkanes) is 9. The molecule has 0 fully saturated rings. The lowest BCUT2D eigenvalue weighted by atomic mass is 10.0. The zero-order chi connectivity index (χ0) is 30.4.